The van der Waals surface area contributed by atoms with Crippen LogP contribution in [0.15, 0.2) is 28.9 Å². The molecule has 0 fully saturated rings. The first-order valence-corrected chi connectivity index (χ1v) is 5.79. The third kappa shape index (κ3) is 2.87. The fourth-order valence-electron chi connectivity index (χ4n) is 1.46. The molecule has 1 amide bonds. The Labute approximate surface area is 109 Å². The van der Waals surface area contributed by atoms with Crippen LogP contribution in [-0.4, -0.2) is 15.9 Å². The van der Waals surface area contributed by atoms with Crippen molar-refractivity contribution < 1.29 is 9.21 Å². The minimum absolute atomic E-state index is 0.248. The normalized spacial score (nSPS) is 12.2. The van der Waals surface area contributed by atoms with E-state index in [0.29, 0.717) is 17.2 Å². The summed E-state index contributed by atoms with van der Waals surface area (Å²) in [7, 11) is 0. The summed E-state index contributed by atoms with van der Waals surface area (Å²) in [6, 6.07) is 2.79. The summed E-state index contributed by atoms with van der Waals surface area (Å²) in [5.41, 5.74) is 0.449. The Morgan fingerprint density at radius 1 is 1.50 bits per heavy atom. The second-order valence-electron chi connectivity index (χ2n) is 3.87. The number of carbonyl (C=O) groups excluding carboxylic acids is 1. The van der Waals surface area contributed by atoms with Crippen molar-refractivity contribution in [2.75, 3.05) is 0 Å². The maximum Gasteiger partial charge on any atom is 0.252 e. The summed E-state index contributed by atoms with van der Waals surface area (Å²) in [6.07, 6.45) is 3.10. The molecule has 0 saturated heterocycles. The van der Waals surface area contributed by atoms with Gasteiger partial charge in [-0.15, -0.1) is 0 Å². The lowest BCUT2D eigenvalue weighted by molar-refractivity contribution is 0.0934. The highest BCUT2D eigenvalue weighted by molar-refractivity contribution is 6.29. The van der Waals surface area contributed by atoms with E-state index in [1.54, 1.807) is 26.1 Å². The fraction of sp³-hybridized carbons (Fsp3) is 0.250. The van der Waals surface area contributed by atoms with Crippen molar-refractivity contribution in [2.24, 2.45) is 0 Å². The first-order valence-electron chi connectivity index (χ1n) is 5.41. The van der Waals surface area contributed by atoms with Gasteiger partial charge in [-0.05, 0) is 26.0 Å². The number of hydrogen-bond donors (Lipinski definition) is 1. The first kappa shape index (κ1) is 12.6. The van der Waals surface area contributed by atoms with Crippen LogP contribution in [0, 0.1) is 6.92 Å². The Morgan fingerprint density at radius 2 is 2.28 bits per heavy atom. The van der Waals surface area contributed by atoms with Gasteiger partial charge in [0.25, 0.3) is 5.91 Å². The average molecular weight is 266 g/mol. The largest absolute Gasteiger partial charge is 0.444 e. The number of nitrogens with one attached hydrogen (secondary N) is 1. The molecule has 1 unspecified atom stereocenters. The topological polar surface area (TPSA) is 68.0 Å². The van der Waals surface area contributed by atoms with E-state index in [4.69, 9.17) is 16.0 Å². The molecule has 2 rings (SSSR count). The molecule has 0 radical (unpaired) electrons. The smallest absolute Gasteiger partial charge is 0.252 e. The zero-order valence-corrected chi connectivity index (χ0v) is 10.7. The van der Waals surface area contributed by atoms with Crippen LogP contribution >= 0.6 is 11.6 Å². The second-order valence-corrected chi connectivity index (χ2v) is 4.26. The van der Waals surface area contributed by atoms with Gasteiger partial charge in [0.1, 0.15) is 17.0 Å². The van der Waals surface area contributed by atoms with Crippen LogP contribution in [0.2, 0.25) is 5.15 Å². The van der Waals surface area contributed by atoms with Crippen molar-refractivity contribution in [1.29, 1.82) is 0 Å². The Morgan fingerprint density at radius 3 is 2.89 bits per heavy atom. The lowest BCUT2D eigenvalue weighted by Crippen LogP contribution is -2.26. The zero-order valence-electron chi connectivity index (χ0n) is 9.98. The zero-order chi connectivity index (χ0) is 13.1. The van der Waals surface area contributed by atoms with Crippen LogP contribution in [0.25, 0.3) is 0 Å². The van der Waals surface area contributed by atoms with E-state index in [-0.39, 0.29) is 17.1 Å². The maximum absolute atomic E-state index is 11.9. The summed E-state index contributed by atoms with van der Waals surface area (Å²) in [6.45, 7) is 3.60. The number of oxazole rings is 1. The third-order valence-electron chi connectivity index (χ3n) is 2.35. The summed E-state index contributed by atoms with van der Waals surface area (Å²) < 4.78 is 5.34. The number of rotatable bonds is 3. The van der Waals surface area contributed by atoms with Crippen LogP contribution in [-0.2, 0) is 0 Å². The van der Waals surface area contributed by atoms with E-state index in [0.717, 1.165) is 0 Å². The molecule has 1 N–H and O–H groups in total. The Balaban J connectivity index is 2.08. The molecule has 94 valence electrons. The van der Waals surface area contributed by atoms with Gasteiger partial charge in [0.15, 0.2) is 0 Å². The van der Waals surface area contributed by atoms with Gasteiger partial charge < -0.3 is 9.73 Å². The SMILES string of the molecule is Cc1cnc(C(C)NC(=O)c2ccnc(Cl)c2)o1. The fourth-order valence-corrected chi connectivity index (χ4v) is 1.63. The molecule has 18 heavy (non-hydrogen) atoms. The van der Waals surface area contributed by atoms with Crippen molar-refractivity contribution in [3.63, 3.8) is 0 Å². The van der Waals surface area contributed by atoms with Gasteiger partial charge in [0.05, 0.1) is 6.20 Å². The van der Waals surface area contributed by atoms with Crippen molar-refractivity contribution in [3.05, 3.63) is 46.9 Å². The predicted molar refractivity (Wildman–Crippen MR) is 66.4 cm³/mol. The number of nitrogens with zero attached hydrogens (tertiary/aromatic N) is 2. The molecule has 0 aliphatic heterocycles. The van der Waals surface area contributed by atoms with Crippen molar-refractivity contribution in [1.82, 2.24) is 15.3 Å². The van der Waals surface area contributed by atoms with E-state index in [1.165, 1.54) is 12.3 Å². The standard InChI is InChI=1S/C12H12ClN3O2/c1-7-6-15-12(18-7)8(2)16-11(17)9-3-4-14-10(13)5-9/h3-6,8H,1-2H3,(H,16,17). The molecule has 0 saturated carbocycles. The van der Waals surface area contributed by atoms with Crippen LogP contribution in [0.3, 0.4) is 0 Å². The second kappa shape index (κ2) is 5.18. The summed E-state index contributed by atoms with van der Waals surface area (Å²) in [5, 5.41) is 3.05. The summed E-state index contributed by atoms with van der Waals surface area (Å²) in [5.74, 6) is 0.932. The van der Waals surface area contributed by atoms with Crippen LogP contribution < -0.4 is 5.32 Å². The molecule has 0 bridgehead atoms. The molecule has 2 aromatic rings. The van der Waals surface area contributed by atoms with Crippen molar-refractivity contribution in [2.45, 2.75) is 19.9 Å². The van der Waals surface area contributed by atoms with Gasteiger partial charge in [-0.2, -0.15) is 0 Å². The van der Waals surface area contributed by atoms with Crippen molar-refractivity contribution >= 4 is 17.5 Å². The van der Waals surface area contributed by atoms with Crippen molar-refractivity contribution in [3.8, 4) is 0 Å². The van der Waals surface area contributed by atoms with E-state index in [1.807, 2.05) is 0 Å². The van der Waals surface area contributed by atoms with Gasteiger partial charge in [-0.1, -0.05) is 11.6 Å². The highest BCUT2D eigenvalue weighted by Gasteiger charge is 2.15. The summed E-state index contributed by atoms with van der Waals surface area (Å²) >= 11 is 5.72. The number of aromatic nitrogens is 2. The molecule has 0 aliphatic carbocycles. The van der Waals surface area contributed by atoms with E-state index >= 15 is 0 Å². The van der Waals surface area contributed by atoms with Gasteiger partial charge in [-0.3, -0.25) is 4.79 Å². The molecule has 0 aliphatic rings. The van der Waals surface area contributed by atoms with Crippen LogP contribution in [0.4, 0.5) is 0 Å². The van der Waals surface area contributed by atoms with Gasteiger partial charge >= 0.3 is 0 Å². The molecule has 0 spiro atoms. The number of carbonyl (C=O) groups is 1. The Hall–Kier alpha value is -1.88. The minimum Gasteiger partial charge on any atom is -0.444 e. The Kier molecular flexibility index (Phi) is 3.62. The van der Waals surface area contributed by atoms with Gasteiger partial charge in [0, 0.05) is 11.8 Å². The number of hydrogen-bond acceptors (Lipinski definition) is 4. The lowest BCUT2D eigenvalue weighted by atomic mass is 10.2. The Bertz CT molecular complexity index is 568. The summed E-state index contributed by atoms with van der Waals surface area (Å²) in [4.78, 5) is 19.8. The number of halogens is 1. The van der Waals surface area contributed by atoms with Gasteiger partial charge in [-0.25, -0.2) is 9.97 Å². The highest BCUT2D eigenvalue weighted by Crippen LogP contribution is 2.13. The third-order valence-corrected chi connectivity index (χ3v) is 2.55. The molecule has 1 atom stereocenters. The highest BCUT2D eigenvalue weighted by atomic mass is 35.5. The van der Waals surface area contributed by atoms with Crippen LogP contribution in [0.1, 0.15) is 35.0 Å². The molecule has 6 heteroatoms. The number of pyridine rings is 1. The van der Waals surface area contributed by atoms with E-state index in [2.05, 4.69) is 15.3 Å². The average Bonchev–Trinajstić information content (AvgIpc) is 2.76. The number of amides is 1. The van der Waals surface area contributed by atoms with Crippen LogP contribution in [0.5, 0.6) is 0 Å². The van der Waals surface area contributed by atoms with E-state index < -0.39 is 0 Å². The molecule has 5 nitrogen and oxygen atoms in total. The number of aryl methyl sites for hydroxylation is 1. The molecule has 2 aromatic heterocycles. The maximum atomic E-state index is 11.9. The van der Waals surface area contributed by atoms with E-state index in [9.17, 15) is 4.79 Å². The minimum atomic E-state index is -0.307. The molecule has 0 aromatic carbocycles. The monoisotopic (exact) mass is 265 g/mol. The molecule has 2 heterocycles. The molecular weight excluding hydrogens is 254 g/mol. The lowest BCUT2D eigenvalue weighted by Gasteiger charge is -2.10. The first-order chi connectivity index (χ1) is 8.56. The predicted octanol–water partition coefficient (Wildman–Crippen LogP) is 2.52. The molecular formula is C12H12ClN3O2. The van der Waals surface area contributed by atoms with Gasteiger partial charge in [0.2, 0.25) is 5.89 Å². The quantitative estimate of drug-likeness (QED) is 0.866.